The third-order valence-electron chi connectivity index (χ3n) is 7.45. The molecule has 202 valence electrons. The molecule has 0 spiro atoms. The van der Waals surface area contributed by atoms with Gasteiger partial charge in [-0.05, 0) is 78.8 Å². The van der Waals surface area contributed by atoms with Crippen molar-refractivity contribution in [3.05, 3.63) is 29.6 Å². The summed E-state index contributed by atoms with van der Waals surface area (Å²) in [6.07, 6.45) is 5.56. The zero-order chi connectivity index (χ0) is 26.4. The summed E-state index contributed by atoms with van der Waals surface area (Å²) in [6.45, 7) is 1.60. The van der Waals surface area contributed by atoms with Crippen LogP contribution in [0.15, 0.2) is 17.0 Å². The van der Waals surface area contributed by atoms with Crippen LogP contribution in [-0.2, 0) is 4.79 Å². The van der Waals surface area contributed by atoms with E-state index in [1.807, 2.05) is 0 Å². The van der Waals surface area contributed by atoms with Crippen molar-refractivity contribution in [2.75, 3.05) is 5.32 Å². The Morgan fingerprint density at radius 3 is 2.47 bits per heavy atom. The molecular formula is C23H28F2N10O3. The minimum atomic E-state index is -2.61. The van der Waals surface area contributed by atoms with Crippen molar-refractivity contribution in [2.45, 2.75) is 76.4 Å². The van der Waals surface area contributed by atoms with Crippen molar-refractivity contribution in [1.82, 2.24) is 45.6 Å². The Bertz CT molecular complexity index is 1300. The van der Waals surface area contributed by atoms with E-state index in [-0.39, 0.29) is 17.7 Å². The highest BCUT2D eigenvalue weighted by atomic mass is 19.3. The number of carbonyl (C=O) groups excluding carboxylic acids is 2. The standard InChI is InChI=1S/C23H28F2N10O3/c1-11-19(31-38-30-11)22(36)28-20(18(12-2-3-12)13-4-5-13)23(37)27-14-9-26-34(10-14)16(8-17(24)25)21-29-32-33-35(21)15-6-7-15/h9-10,12-13,15-18,20H,2-8H2,1H3,(H,27,37)(H,28,36)/t16?,20-/m0/s1. The Balaban J connectivity index is 1.22. The molecule has 3 aromatic heterocycles. The SMILES string of the molecule is Cc1nonc1C(=O)N[C@H](C(=O)Nc1cnn(C(CC(F)F)c2nnnn2C2CC2)c1)C(C1CC1)C1CC1. The van der Waals surface area contributed by atoms with Crippen LogP contribution in [-0.4, -0.2) is 64.6 Å². The van der Waals surface area contributed by atoms with E-state index < -0.39 is 36.7 Å². The van der Waals surface area contributed by atoms with Crippen LogP contribution in [0.4, 0.5) is 14.5 Å². The van der Waals surface area contributed by atoms with Gasteiger partial charge in [0.2, 0.25) is 12.3 Å². The normalized spacial score (nSPS) is 19.1. The Morgan fingerprint density at radius 1 is 1.13 bits per heavy atom. The number of alkyl halides is 2. The smallest absolute Gasteiger partial charge is 0.276 e. The maximum absolute atomic E-state index is 13.6. The van der Waals surface area contributed by atoms with Gasteiger partial charge in [0.05, 0.1) is 17.9 Å². The second kappa shape index (κ2) is 9.83. The molecular weight excluding hydrogens is 502 g/mol. The van der Waals surface area contributed by atoms with Crippen LogP contribution >= 0.6 is 0 Å². The molecule has 0 aliphatic heterocycles. The average molecular weight is 531 g/mol. The zero-order valence-electron chi connectivity index (χ0n) is 20.7. The lowest BCUT2D eigenvalue weighted by molar-refractivity contribution is -0.119. The number of hydrogen-bond acceptors (Lipinski definition) is 9. The minimum absolute atomic E-state index is 0.0103. The van der Waals surface area contributed by atoms with Gasteiger partial charge < -0.3 is 10.6 Å². The zero-order valence-corrected chi connectivity index (χ0v) is 20.7. The molecule has 0 aromatic carbocycles. The number of amides is 2. The van der Waals surface area contributed by atoms with Gasteiger partial charge in [0, 0.05) is 12.6 Å². The molecule has 1 unspecified atom stereocenters. The molecule has 2 atom stereocenters. The molecule has 2 N–H and O–H groups in total. The number of aromatic nitrogens is 8. The summed E-state index contributed by atoms with van der Waals surface area (Å²) in [4.78, 5) is 26.5. The number of hydrogen-bond donors (Lipinski definition) is 2. The van der Waals surface area contributed by atoms with E-state index in [0.717, 1.165) is 38.5 Å². The van der Waals surface area contributed by atoms with E-state index in [0.29, 0.717) is 29.0 Å². The van der Waals surface area contributed by atoms with E-state index >= 15 is 0 Å². The fraction of sp³-hybridized carbons (Fsp3) is 0.652. The van der Waals surface area contributed by atoms with Gasteiger partial charge in [-0.3, -0.25) is 14.3 Å². The molecule has 15 heteroatoms. The molecule has 3 heterocycles. The van der Waals surface area contributed by atoms with Crippen molar-refractivity contribution in [1.29, 1.82) is 0 Å². The van der Waals surface area contributed by atoms with Gasteiger partial charge in [-0.25, -0.2) is 18.1 Å². The van der Waals surface area contributed by atoms with E-state index in [1.54, 1.807) is 11.6 Å². The number of halogens is 2. The molecule has 2 amide bonds. The second-order valence-electron chi connectivity index (χ2n) is 10.5. The lowest BCUT2D eigenvalue weighted by atomic mass is 9.88. The van der Waals surface area contributed by atoms with Crippen LogP contribution in [0.3, 0.4) is 0 Å². The fourth-order valence-corrected chi connectivity index (χ4v) is 5.17. The molecule has 38 heavy (non-hydrogen) atoms. The lowest BCUT2D eigenvalue weighted by Gasteiger charge is -2.27. The van der Waals surface area contributed by atoms with Crippen LogP contribution in [0.2, 0.25) is 0 Å². The van der Waals surface area contributed by atoms with Gasteiger partial charge in [0.1, 0.15) is 17.8 Å². The first-order chi connectivity index (χ1) is 18.4. The second-order valence-corrected chi connectivity index (χ2v) is 10.5. The summed E-state index contributed by atoms with van der Waals surface area (Å²) in [5, 5.41) is 28.9. The molecule has 3 fully saturated rings. The highest BCUT2D eigenvalue weighted by molar-refractivity contribution is 6.00. The average Bonchev–Trinajstić information content (AvgIpc) is 3.85. The van der Waals surface area contributed by atoms with Crippen molar-refractivity contribution < 1.29 is 23.0 Å². The van der Waals surface area contributed by atoms with Crippen LogP contribution in [0.25, 0.3) is 0 Å². The summed E-state index contributed by atoms with van der Waals surface area (Å²) in [7, 11) is 0. The van der Waals surface area contributed by atoms with Crippen LogP contribution in [0, 0.1) is 24.7 Å². The maximum atomic E-state index is 13.6. The van der Waals surface area contributed by atoms with E-state index in [2.05, 4.69) is 46.2 Å². The molecule has 3 saturated carbocycles. The van der Waals surface area contributed by atoms with Crippen molar-refractivity contribution in [3.63, 3.8) is 0 Å². The third kappa shape index (κ3) is 5.13. The molecule has 6 rings (SSSR count). The molecule has 0 radical (unpaired) electrons. The largest absolute Gasteiger partial charge is 0.338 e. The summed E-state index contributed by atoms with van der Waals surface area (Å²) in [5.74, 6) is 0.0739. The number of carbonyl (C=O) groups is 2. The minimum Gasteiger partial charge on any atom is -0.338 e. The Kier molecular flexibility index (Phi) is 6.35. The predicted octanol–water partition coefficient (Wildman–Crippen LogP) is 2.31. The first-order valence-corrected chi connectivity index (χ1v) is 12.9. The van der Waals surface area contributed by atoms with Crippen LogP contribution in [0.5, 0.6) is 0 Å². The van der Waals surface area contributed by atoms with Gasteiger partial charge in [-0.1, -0.05) is 5.16 Å². The Labute approximate surface area is 215 Å². The summed E-state index contributed by atoms with van der Waals surface area (Å²) in [5.41, 5.74) is 0.684. The third-order valence-corrected chi connectivity index (χ3v) is 7.45. The quantitative estimate of drug-likeness (QED) is 0.358. The van der Waals surface area contributed by atoms with Crippen molar-refractivity contribution in [3.8, 4) is 0 Å². The van der Waals surface area contributed by atoms with Gasteiger partial charge in [-0.2, -0.15) is 5.10 Å². The van der Waals surface area contributed by atoms with Crippen molar-refractivity contribution in [2.24, 2.45) is 17.8 Å². The molecule has 3 aliphatic rings. The van der Waals surface area contributed by atoms with Gasteiger partial charge >= 0.3 is 0 Å². The molecule has 0 saturated heterocycles. The molecule has 13 nitrogen and oxygen atoms in total. The topological polar surface area (TPSA) is 159 Å². The van der Waals surface area contributed by atoms with Gasteiger partial charge in [-0.15, -0.1) is 5.10 Å². The molecule has 0 bridgehead atoms. The Hall–Kier alpha value is -3.78. The Morgan fingerprint density at radius 2 is 1.87 bits per heavy atom. The molecule has 3 aromatic rings. The molecule has 3 aliphatic carbocycles. The monoisotopic (exact) mass is 530 g/mol. The van der Waals surface area contributed by atoms with Gasteiger partial charge in [0.25, 0.3) is 5.91 Å². The number of tetrazole rings is 1. The lowest BCUT2D eigenvalue weighted by Crippen LogP contribution is -2.50. The fourth-order valence-electron chi connectivity index (χ4n) is 5.17. The van der Waals surface area contributed by atoms with E-state index in [9.17, 15) is 18.4 Å². The highest BCUT2D eigenvalue weighted by Gasteiger charge is 2.48. The number of nitrogens with zero attached hydrogens (tertiary/aromatic N) is 8. The number of rotatable bonds is 12. The summed E-state index contributed by atoms with van der Waals surface area (Å²) >= 11 is 0. The summed E-state index contributed by atoms with van der Waals surface area (Å²) < 4.78 is 34.6. The first kappa shape index (κ1) is 24.6. The van der Waals surface area contributed by atoms with E-state index in [4.69, 9.17) is 0 Å². The summed E-state index contributed by atoms with van der Waals surface area (Å²) in [6, 6.07) is -1.61. The number of aryl methyl sites for hydroxylation is 1. The number of nitrogens with one attached hydrogen (secondary N) is 2. The number of anilines is 1. The predicted molar refractivity (Wildman–Crippen MR) is 125 cm³/mol. The highest BCUT2D eigenvalue weighted by Crippen LogP contribution is 2.51. The first-order valence-electron chi connectivity index (χ1n) is 12.9. The van der Waals surface area contributed by atoms with Crippen molar-refractivity contribution >= 4 is 17.5 Å². The van der Waals surface area contributed by atoms with Crippen LogP contribution < -0.4 is 10.6 Å². The van der Waals surface area contributed by atoms with Crippen LogP contribution in [0.1, 0.15) is 79.0 Å². The van der Waals surface area contributed by atoms with Gasteiger partial charge in [0.15, 0.2) is 11.5 Å². The maximum Gasteiger partial charge on any atom is 0.276 e. The van der Waals surface area contributed by atoms with E-state index in [1.165, 1.54) is 17.1 Å².